The zero-order valence-corrected chi connectivity index (χ0v) is 13.2. The summed E-state index contributed by atoms with van der Waals surface area (Å²) in [6, 6.07) is 12.2. The number of amides is 2. The Morgan fingerprint density at radius 1 is 1.00 bits per heavy atom. The number of carbonyl (C=O) groups excluding carboxylic acids is 3. The van der Waals surface area contributed by atoms with Gasteiger partial charge in [-0.1, -0.05) is 17.2 Å². The number of imide groups is 1. The average Bonchev–Trinajstić information content (AvgIpc) is 2.82. The molecule has 3 rings (SSSR count). The molecule has 0 unspecified atom stereocenters. The second kappa shape index (κ2) is 6.84. The van der Waals surface area contributed by atoms with Gasteiger partial charge in [-0.2, -0.15) is 0 Å². The number of hydroxylamine groups is 2. The first-order valence-electron chi connectivity index (χ1n) is 7.13. The maximum atomic E-state index is 12.8. The number of carbonyl (C=O) groups is 3. The normalized spacial score (nSPS) is 13.1. The molecule has 1 aliphatic heterocycles. The van der Waals surface area contributed by atoms with Gasteiger partial charge in [0.2, 0.25) is 0 Å². The second-order valence-electron chi connectivity index (χ2n) is 4.97. The van der Waals surface area contributed by atoms with Crippen molar-refractivity contribution >= 4 is 29.5 Å². The Labute approximate surface area is 141 Å². The highest BCUT2D eigenvalue weighted by Gasteiger charge is 2.38. The van der Waals surface area contributed by atoms with Crippen molar-refractivity contribution in [2.75, 3.05) is 5.75 Å². The quantitative estimate of drug-likeness (QED) is 0.616. The maximum absolute atomic E-state index is 12.8. The minimum Gasteiger partial charge on any atom is -0.330 e. The third kappa shape index (κ3) is 3.30. The van der Waals surface area contributed by atoms with Gasteiger partial charge < -0.3 is 4.84 Å². The Kier molecular flexibility index (Phi) is 4.61. The lowest BCUT2D eigenvalue weighted by atomic mass is 10.1. The fraction of sp³-hybridized carbons (Fsp3) is 0.118. The molecule has 0 radical (unpaired) electrons. The van der Waals surface area contributed by atoms with Gasteiger partial charge in [0, 0.05) is 10.6 Å². The Hall–Kier alpha value is -2.67. The van der Waals surface area contributed by atoms with Gasteiger partial charge in [0.25, 0.3) is 11.8 Å². The molecule has 1 heterocycles. The summed E-state index contributed by atoms with van der Waals surface area (Å²) in [7, 11) is 0. The van der Waals surface area contributed by atoms with E-state index in [0.29, 0.717) is 10.8 Å². The van der Waals surface area contributed by atoms with E-state index in [1.54, 1.807) is 24.3 Å². The minimum atomic E-state index is -0.681. The molecule has 122 valence electrons. The van der Waals surface area contributed by atoms with E-state index in [-0.39, 0.29) is 23.4 Å². The lowest BCUT2D eigenvalue weighted by Gasteiger charge is -2.12. The number of hydrogen-bond donors (Lipinski definition) is 0. The van der Waals surface area contributed by atoms with Crippen LogP contribution in [0.5, 0.6) is 0 Å². The van der Waals surface area contributed by atoms with Gasteiger partial charge in [-0.3, -0.25) is 9.59 Å². The smallest absolute Gasteiger partial charge is 0.330 e. The summed E-state index contributed by atoms with van der Waals surface area (Å²) in [6.45, 7) is 0. The summed E-state index contributed by atoms with van der Waals surface area (Å²) in [5.74, 6) is -1.91. The van der Waals surface area contributed by atoms with E-state index in [0.717, 1.165) is 4.90 Å². The number of nitrogens with zero attached hydrogens (tertiary/aromatic N) is 1. The maximum Gasteiger partial charge on any atom is 0.334 e. The van der Waals surface area contributed by atoms with E-state index in [9.17, 15) is 18.8 Å². The molecule has 2 aromatic rings. The first-order valence-corrected chi connectivity index (χ1v) is 8.12. The van der Waals surface area contributed by atoms with Crippen LogP contribution >= 0.6 is 11.8 Å². The molecule has 0 spiro atoms. The van der Waals surface area contributed by atoms with Gasteiger partial charge in [0.05, 0.1) is 17.5 Å². The highest BCUT2D eigenvalue weighted by molar-refractivity contribution is 7.99. The van der Waals surface area contributed by atoms with E-state index in [1.165, 1.54) is 36.0 Å². The molecule has 0 saturated heterocycles. The van der Waals surface area contributed by atoms with Crippen molar-refractivity contribution < 1.29 is 23.6 Å². The summed E-state index contributed by atoms with van der Waals surface area (Å²) >= 11 is 1.35. The fourth-order valence-corrected chi connectivity index (χ4v) is 3.01. The van der Waals surface area contributed by atoms with Gasteiger partial charge in [-0.15, -0.1) is 11.8 Å². The zero-order chi connectivity index (χ0) is 17.1. The van der Waals surface area contributed by atoms with Gasteiger partial charge >= 0.3 is 5.97 Å². The summed E-state index contributed by atoms with van der Waals surface area (Å²) < 4.78 is 12.8. The lowest BCUT2D eigenvalue weighted by Crippen LogP contribution is -2.32. The summed E-state index contributed by atoms with van der Waals surface area (Å²) in [6.07, 6.45) is 0.00937. The molecular weight excluding hydrogens is 333 g/mol. The molecule has 0 N–H and O–H groups in total. The summed E-state index contributed by atoms with van der Waals surface area (Å²) in [4.78, 5) is 41.7. The Balaban J connectivity index is 1.53. The number of fused-ring (bicyclic) bond motifs is 1. The van der Waals surface area contributed by atoms with Crippen LogP contribution in [0, 0.1) is 5.82 Å². The van der Waals surface area contributed by atoms with Crippen LogP contribution in [0.4, 0.5) is 4.39 Å². The molecule has 5 nitrogen and oxygen atoms in total. The predicted octanol–water partition coefficient (Wildman–Crippen LogP) is 3.06. The Morgan fingerprint density at radius 3 is 2.17 bits per heavy atom. The molecular formula is C17H12FNO4S. The molecule has 24 heavy (non-hydrogen) atoms. The molecule has 0 aromatic heterocycles. The monoisotopic (exact) mass is 345 g/mol. The van der Waals surface area contributed by atoms with Gasteiger partial charge in [0.1, 0.15) is 5.82 Å². The van der Waals surface area contributed by atoms with Crippen LogP contribution in [0.2, 0.25) is 0 Å². The van der Waals surface area contributed by atoms with Crippen molar-refractivity contribution in [2.24, 2.45) is 0 Å². The zero-order valence-electron chi connectivity index (χ0n) is 12.4. The number of thioether (sulfide) groups is 1. The predicted molar refractivity (Wildman–Crippen MR) is 84.8 cm³/mol. The number of halogens is 1. The highest BCUT2D eigenvalue weighted by atomic mass is 32.2. The first kappa shape index (κ1) is 16.2. The fourth-order valence-electron chi connectivity index (χ4n) is 2.18. The molecule has 0 saturated carbocycles. The van der Waals surface area contributed by atoms with Crippen LogP contribution in [-0.2, 0) is 9.63 Å². The van der Waals surface area contributed by atoms with Crippen molar-refractivity contribution in [2.45, 2.75) is 11.3 Å². The van der Waals surface area contributed by atoms with Crippen LogP contribution in [0.1, 0.15) is 27.1 Å². The van der Waals surface area contributed by atoms with Crippen molar-refractivity contribution in [3.63, 3.8) is 0 Å². The Bertz CT molecular complexity index is 771. The largest absolute Gasteiger partial charge is 0.334 e. The van der Waals surface area contributed by atoms with E-state index >= 15 is 0 Å². The van der Waals surface area contributed by atoms with Crippen LogP contribution in [0.3, 0.4) is 0 Å². The van der Waals surface area contributed by atoms with E-state index < -0.39 is 17.8 Å². The molecule has 1 aliphatic rings. The van der Waals surface area contributed by atoms with E-state index in [4.69, 9.17) is 4.84 Å². The van der Waals surface area contributed by atoms with Gasteiger partial charge in [-0.25, -0.2) is 9.18 Å². The van der Waals surface area contributed by atoms with Crippen molar-refractivity contribution in [1.29, 1.82) is 0 Å². The molecule has 2 amide bonds. The topological polar surface area (TPSA) is 63.7 Å². The Morgan fingerprint density at radius 2 is 1.58 bits per heavy atom. The SMILES string of the molecule is O=C(CCSc1ccc(F)cc1)ON1C(=O)c2ccccc2C1=O. The van der Waals surface area contributed by atoms with Crippen molar-refractivity contribution in [3.05, 3.63) is 65.5 Å². The summed E-state index contributed by atoms with van der Waals surface area (Å²) in [5.41, 5.74) is 0.437. The summed E-state index contributed by atoms with van der Waals surface area (Å²) in [5, 5.41) is 0.496. The third-order valence-electron chi connectivity index (χ3n) is 3.34. The lowest BCUT2D eigenvalue weighted by molar-refractivity contribution is -0.167. The molecule has 2 aromatic carbocycles. The highest BCUT2D eigenvalue weighted by Crippen LogP contribution is 2.23. The molecule has 7 heteroatoms. The van der Waals surface area contributed by atoms with Gasteiger partial charge in [-0.05, 0) is 36.4 Å². The van der Waals surface area contributed by atoms with Crippen LogP contribution in [-0.4, -0.2) is 28.6 Å². The third-order valence-corrected chi connectivity index (χ3v) is 4.35. The molecule has 0 fully saturated rings. The van der Waals surface area contributed by atoms with Crippen LogP contribution in [0.25, 0.3) is 0 Å². The van der Waals surface area contributed by atoms with E-state index in [1.807, 2.05) is 0 Å². The van der Waals surface area contributed by atoms with Gasteiger partial charge in [0.15, 0.2) is 0 Å². The minimum absolute atomic E-state index is 0.00937. The van der Waals surface area contributed by atoms with E-state index in [2.05, 4.69) is 0 Å². The van der Waals surface area contributed by atoms with Crippen LogP contribution in [0.15, 0.2) is 53.4 Å². The van der Waals surface area contributed by atoms with Crippen LogP contribution < -0.4 is 0 Å². The number of hydrogen-bond acceptors (Lipinski definition) is 5. The number of rotatable bonds is 5. The molecule has 0 bridgehead atoms. The van der Waals surface area contributed by atoms with Crippen molar-refractivity contribution in [3.8, 4) is 0 Å². The standard InChI is InChI=1S/C17H12FNO4S/c18-11-5-7-12(8-6-11)24-10-9-15(20)23-19-16(21)13-3-1-2-4-14(13)17(19)22/h1-8H,9-10H2. The first-order chi connectivity index (χ1) is 11.6. The molecule has 0 atom stereocenters. The second-order valence-corrected chi connectivity index (χ2v) is 6.13. The average molecular weight is 345 g/mol. The number of benzene rings is 2. The van der Waals surface area contributed by atoms with Crippen molar-refractivity contribution in [1.82, 2.24) is 5.06 Å². The molecule has 0 aliphatic carbocycles.